The molecule has 0 spiro atoms. The molecule has 21 heavy (non-hydrogen) atoms. The van der Waals surface area contributed by atoms with Crippen LogP contribution in [0.5, 0.6) is 5.75 Å². The number of methoxy groups -OCH3 is 1. The van der Waals surface area contributed by atoms with Crippen molar-refractivity contribution in [1.82, 2.24) is 15.6 Å². The zero-order valence-electron chi connectivity index (χ0n) is 11.8. The Hall–Kier alpha value is -1.88. The number of aromatic amines is 1. The van der Waals surface area contributed by atoms with Gasteiger partial charge in [-0.2, -0.15) is 0 Å². The fourth-order valence-corrected chi connectivity index (χ4v) is 2.98. The van der Waals surface area contributed by atoms with Gasteiger partial charge in [-0.1, -0.05) is 0 Å². The zero-order chi connectivity index (χ0) is 14.8. The van der Waals surface area contributed by atoms with Crippen molar-refractivity contribution in [2.24, 2.45) is 0 Å². The van der Waals surface area contributed by atoms with Gasteiger partial charge in [0.2, 0.25) is 0 Å². The van der Waals surface area contributed by atoms with E-state index in [9.17, 15) is 4.79 Å². The van der Waals surface area contributed by atoms with E-state index in [0.29, 0.717) is 12.4 Å². The quantitative estimate of drug-likeness (QED) is 0.758. The molecule has 2 aromatic rings. The molecule has 1 aromatic carbocycles. The lowest BCUT2D eigenvalue weighted by molar-refractivity contribution is 0.238. The molecule has 0 radical (unpaired) electrons. The Morgan fingerprint density at radius 1 is 1.48 bits per heavy atom. The highest BCUT2D eigenvalue weighted by atomic mass is 35.5. The Morgan fingerprint density at radius 2 is 2.33 bits per heavy atom. The van der Waals surface area contributed by atoms with E-state index in [1.54, 1.807) is 7.11 Å². The van der Waals surface area contributed by atoms with Crippen LogP contribution in [0.3, 0.4) is 0 Å². The summed E-state index contributed by atoms with van der Waals surface area (Å²) in [5.74, 6) is 1.27. The number of carbonyl (C=O) groups excluding carboxylic acids is 1. The van der Waals surface area contributed by atoms with Crippen molar-refractivity contribution < 1.29 is 9.53 Å². The fourth-order valence-electron chi connectivity index (χ4n) is 2.88. The Kier molecular flexibility index (Phi) is 3.92. The van der Waals surface area contributed by atoms with Gasteiger partial charge < -0.3 is 20.4 Å². The second kappa shape index (κ2) is 5.85. The number of H-pyrrole nitrogens is 1. The number of fused-ring (bicyclic) bond motifs is 3. The maximum absolute atomic E-state index is 11.7. The summed E-state index contributed by atoms with van der Waals surface area (Å²) in [5, 5.41) is 6.88. The van der Waals surface area contributed by atoms with Crippen LogP contribution in [0.2, 0.25) is 0 Å². The number of aromatic nitrogens is 1. The van der Waals surface area contributed by atoms with Crippen LogP contribution in [0.25, 0.3) is 10.9 Å². The molecule has 0 bridgehead atoms. The van der Waals surface area contributed by atoms with Gasteiger partial charge >= 0.3 is 6.03 Å². The van der Waals surface area contributed by atoms with E-state index in [0.717, 1.165) is 24.1 Å². The van der Waals surface area contributed by atoms with E-state index in [2.05, 4.69) is 15.6 Å². The van der Waals surface area contributed by atoms with Crippen molar-refractivity contribution in [3.05, 3.63) is 29.5 Å². The number of hydrogen-bond donors (Lipinski definition) is 3. The highest BCUT2D eigenvalue weighted by molar-refractivity contribution is 6.18. The Morgan fingerprint density at radius 3 is 3.10 bits per heavy atom. The van der Waals surface area contributed by atoms with Crippen LogP contribution >= 0.6 is 11.6 Å². The van der Waals surface area contributed by atoms with Crippen molar-refractivity contribution >= 4 is 28.5 Å². The van der Waals surface area contributed by atoms with Crippen LogP contribution in [0, 0.1) is 0 Å². The molecule has 1 aliphatic carbocycles. The van der Waals surface area contributed by atoms with Gasteiger partial charge in [-0.05, 0) is 30.2 Å². The molecular weight excluding hydrogens is 290 g/mol. The van der Waals surface area contributed by atoms with Crippen LogP contribution in [0.4, 0.5) is 4.79 Å². The van der Waals surface area contributed by atoms with E-state index >= 15 is 0 Å². The Labute approximate surface area is 128 Å². The number of amides is 2. The molecule has 3 rings (SSSR count). The highest BCUT2D eigenvalue weighted by Crippen LogP contribution is 2.32. The highest BCUT2D eigenvalue weighted by Gasteiger charge is 2.26. The average molecular weight is 308 g/mol. The summed E-state index contributed by atoms with van der Waals surface area (Å²) in [4.78, 5) is 15.1. The van der Waals surface area contributed by atoms with Gasteiger partial charge in [-0.3, -0.25) is 0 Å². The Balaban J connectivity index is 1.74. The smallest absolute Gasteiger partial charge is 0.315 e. The minimum atomic E-state index is -0.160. The predicted octanol–water partition coefficient (Wildman–Crippen LogP) is 2.18. The topological polar surface area (TPSA) is 66.1 Å². The van der Waals surface area contributed by atoms with Gasteiger partial charge in [-0.15, -0.1) is 11.6 Å². The van der Waals surface area contributed by atoms with E-state index in [1.807, 2.05) is 18.2 Å². The summed E-state index contributed by atoms with van der Waals surface area (Å²) >= 11 is 5.55. The van der Waals surface area contributed by atoms with Gasteiger partial charge in [0.05, 0.1) is 7.11 Å². The average Bonchev–Trinajstić information content (AvgIpc) is 3.01. The third kappa shape index (κ3) is 2.78. The number of benzene rings is 1. The normalized spacial score (nSPS) is 16.8. The summed E-state index contributed by atoms with van der Waals surface area (Å²) in [6, 6.07) is 5.98. The Bertz CT molecular complexity index is 668. The molecule has 0 saturated heterocycles. The van der Waals surface area contributed by atoms with Gasteiger partial charge in [0.25, 0.3) is 0 Å². The van der Waals surface area contributed by atoms with Gasteiger partial charge in [0.15, 0.2) is 0 Å². The summed E-state index contributed by atoms with van der Waals surface area (Å²) in [6.07, 6.45) is 1.65. The van der Waals surface area contributed by atoms with Crippen LogP contribution in [-0.4, -0.2) is 36.6 Å². The van der Waals surface area contributed by atoms with Gasteiger partial charge in [0, 0.05) is 41.5 Å². The fraction of sp³-hybridized carbons (Fsp3) is 0.400. The third-order valence-corrected chi connectivity index (χ3v) is 4.01. The van der Waals surface area contributed by atoms with Crippen molar-refractivity contribution in [3.8, 4) is 5.75 Å². The van der Waals surface area contributed by atoms with E-state index in [1.165, 1.54) is 16.6 Å². The monoisotopic (exact) mass is 307 g/mol. The van der Waals surface area contributed by atoms with Gasteiger partial charge in [0.1, 0.15) is 5.75 Å². The number of carbonyl (C=O) groups is 1. The van der Waals surface area contributed by atoms with Crippen molar-refractivity contribution in [2.75, 3.05) is 19.5 Å². The molecule has 1 atom stereocenters. The van der Waals surface area contributed by atoms with Crippen molar-refractivity contribution in [2.45, 2.75) is 18.9 Å². The summed E-state index contributed by atoms with van der Waals surface area (Å²) in [7, 11) is 1.67. The van der Waals surface area contributed by atoms with Crippen molar-refractivity contribution in [1.29, 1.82) is 0 Å². The first-order chi connectivity index (χ1) is 10.2. The van der Waals surface area contributed by atoms with Crippen molar-refractivity contribution in [3.63, 3.8) is 0 Å². The number of ether oxygens (including phenoxy) is 1. The van der Waals surface area contributed by atoms with Crippen LogP contribution in [0.15, 0.2) is 18.2 Å². The maximum atomic E-state index is 11.7. The molecule has 1 aromatic heterocycles. The minimum absolute atomic E-state index is 0.122. The SMILES string of the molecule is COc1ccc2[nH]c3c(c2c1)CC(NC(=O)NCCCl)C3. The largest absolute Gasteiger partial charge is 0.497 e. The van der Waals surface area contributed by atoms with Gasteiger partial charge in [-0.25, -0.2) is 4.79 Å². The lowest BCUT2D eigenvalue weighted by Crippen LogP contribution is -2.43. The lowest BCUT2D eigenvalue weighted by Gasteiger charge is -2.13. The number of rotatable bonds is 4. The van der Waals surface area contributed by atoms with E-state index in [4.69, 9.17) is 16.3 Å². The summed E-state index contributed by atoms with van der Waals surface area (Å²) in [5.41, 5.74) is 3.58. The van der Waals surface area contributed by atoms with Crippen LogP contribution in [-0.2, 0) is 12.8 Å². The molecule has 1 unspecified atom stereocenters. The van der Waals surface area contributed by atoms with E-state index < -0.39 is 0 Å². The first-order valence-corrected chi connectivity index (χ1v) is 7.52. The lowest BCUT2D eigenvalue weighted by atomic mass is 10.1. The van der Waals surface area contributed by atoms with E-state index in [-0.39, 0.29) is 12.1 Å². The molecule has 3 N–H and O–H groups in total. The molecule has 0 aliphatic heterocycles. The van der Waals surface area contributed by atoms with Crippen LogP contribution < -0.4 is 15.4 Å². The standard InChI is InChI=1S/C15H18ClN3O2/c1-21-10-2-3-13-12(8-10)11-6-9(7-14(11)19-13)18-15(20)17-5-4-16/h2-3,8-9,19H,4-7H2,1H3,(H2,17,18,20). The maximum Gasteiger partial charge on any atom is 0.315 e. The number of halogens is 1. The predicted molar refractivity (Wildman–Crippen MR) is 83.3 cm³/mol. The number of alkyl halides is 1. The molecule has 2 amide bonds. The molecular formula is C15H18ClN3O2. The first-order valence-electron chi connectivity index (χ1n) is 6.99. The number of hydrogen-bond acceptors (Lipinski definition) is 2. The second-order valence-corrected chi connectivity index (χ2v) is 5.57. The molecule has 1 aliphatic rings. The zero-order valence-corrected chi connectivity index (χ0v) is 12.6. The third-order valence-electron chi connectivity index (χ3n) is 3.82. The number of nitrogens with one attached hydrogen (secondary N) is 3. The minimum Gasteiger partial charge on any atom is -0.497 e. The molecule has 0 fully saturated rings. The molecule has 6 heteroatoms. The molecule has 112 valence electrons. The summed E-state index contributed by atoms with van der Waals surface area (Å²) < 4.78 is 5.28. The molecule has 0 saturated carbocycles. The molecule has 1 heterocycles. The first kappa shape index (κ1) is 14.1. The van der Waals surface area contributed by atoms with Crippen LogP contribution in [0.1, 0.15) is 11.3 Å². The number of urea groups is 1. The summed E-state index contributed by atoms with van der Waals surface area (Å²) in [6.45, 7) is 0.478. The molecule has 5 nitrogen and oxygen atoms in total. The second-order valence-electron chi connectivity index (χ2n) is 5.19.